The summed E-state index contributed by atoms with van der Waals surface area (Å²) in [6, 6.07) is 24.2. The van der Waals surface area contributed by atoms with E-state index in [1.807, 2.05) is 54.6 Å². The van der Waals surface area contributed by atoms with Crippen molar-refractivity contribution in [3.8, 4) is 11.5 Å². The van der Waals surface area contributed by atoms with Gasteiger partial charge in [0.15, 0.2) is 5.58 Å². The number of hydrogen-bond donors (Lipinski definition) is 0. The first kappa shape index (κ1) is 13.6. The smallest absolute Gasteiger partial charge is 0.227 e. The number of halogens is 1. The molecule has 3 heteroatoms. The van der Waals surface area contributed by atoms with Gasteiger partial charge < -0.3 is 4.42 Å². The Bertz CT molecular complexity index is 1210. The summed E-state index contributed by atoms with van der Waals surface area (Å²) >= 11 is 6.19. The van der Waals surface area contributed by atoms with Gasteiger partial charge in [-0.15, -0.1) is 0 Å². The molecule has 5 aromatic rings. The molecule has 0 amide bonds. The molecule has 0 saturated heterocycles. The Balaban J connectivity index is 1.82. The molecule has 0 atom stereocenters. The van der Waals surface area contributed by atoms with E-state index < -0.39 is 0 Å². The van der Waals surface area contributed by atoms with Crippen LogP contribution in [-0.2, 0) is 0 Å². The zero-order valence-corrected chi connectivity index (χ0v) is 13.4. The zero-order valence-electron chi connectivity index (χ0n) is 12.7. The Morgan fingerprint density at radius 1 is 0.750 bits per heavy atom. The van der Waals surface area contributed by atoms with Crippen LogP contribution in [0.15, 0.2) is 77.2 Å². The standard InChI is InChI=1S/C21H12ClNO/c22-16-9-8-13-6-7-15-10-20-19(12-18(15)17(13)11-16)23-21(24-20)14-4-2-1-3-5-14/h1-12H. The van der Waals surface area contributed by atoms with Crippen LogP contribution >= 0.6 is 11.6 Å². The van der Waals surface area contributed by atoms with Gasteiger partial charge >= 0.3 is 0 Å². The van der Waals surface area contributed by atoms with Crippen LogP contribution < -0.4 is 0 Å². The summed E-state index contributed by atoms with van der Waals surface area (Å²) in [5, 5.41) is 5.29. The molecule has 0 aliphatic carbocycles. The third-order valence-electron chi connectivity index (χ3n) is 4.33. The molecule has 5 rings (SSSR count). The molecule has 4 aromatic carbocycles. The quantitative estimate of drug-likeness (QED) is 0.330. The van der Waals surface area contributed by atoms with Crippen LogP contribution in [0.25, 0.3) is 44.1 Å². The number of benzene rings is 4. The number of fused-ring (bicyclic) bond motifs is 4. The molecule has 1 heterocycles. The SMILES string of the molecule is Clc1ccc2ccc3cc4oc(-c5ccccc5)nc4cc3c2c1. The van der Waals surface area contributed by atoms with E-state index >= 15 is 0 Å². The van der Waals surface area contributed by atoms with Crippen LogP contribution in [0.5, 0.6) is 0 Å². The first-order valence-corrected chi connectivity index (χ1v) is 8.14. The number of oxazole rings is 1. The van der Waals surface area contributed by atoms with E-state index in [2.05, 4.69) is 23.2 Å². The summed E-state index contributed by atoms with van der Waals surface area (Å²) in [4.78, 5) is 4.66. The summed E-state index contributed by atoms with van der Waals surface area (Å²) in [5.41, 5.74) is 2.63. The molecule has 114 valence electrons. The number of aromatic nitrogens is 1. The van der Waals surface area contributed by atoms with Crippen LogP contribution in [0.4, 0.5) is 0 Å². The molecular weight excluding hydrogens is 318 g/mol. The molecule has 0 fully saturated rings. The number of rotatable bonds is 1. The second-order valence-corrected chi connectivity index (χ2v) is 6.29. The van der Waals surface area contributed by atoms with Crippen molar-refractivity contribution in [3.63, 3.8) is 0 Å². The lowest BCUT2D eigenvalue weighted by Crippen LogP contribution is -1.79. The van der Waals surface area contributed by atoms with E-state index in [1.54, 1.807) is 0 Å². The van der Waals surface area contributed by atoms with Crippen LogP contribution in [0, 0.1) is 0 Å². The molecule has 0 saturated carbocycles. The summed E-state index contributed by atoms with van der Waals surface area (Å²) < 4.78 is 5.96. The summed E-state index contributed by atoms with van der Waals surface area (Å²) in [7, 11) is 0. The minimum atomic E-state index is 0.642. The van der Waals surface area contributed by atoms with Crippen molar-refractivity contribution in [1.82, 2.24) is 4.98 Å². The van der Waals surface area contributed by atoms with Crippen molar-refractivity contribution in [2.75, 3.05) is 0 Å². The third-order valence-corrected chi connectivity index (χ3v) is 4.56. The lowest BCUT2D eigenvalue weighted by atomic mass is 10.0. The molecule has 2 nitrogen and oxygen atoms in total. The van der Waals surface area contributed by atoms with Crippen molar-refractivity contribution < 1.29 is 4.42 Å². The second kappa shape index (κ2) is 5.08. The summed E-state index contributed by atoms with van der Waals surface area (Å²) in [6.45, 7) is 0. The van der Waals surface area contributed by atoms with Gasteiger partial charge in [-0.3, -0.25) is 0 Å². The van der Waals surface area contributed by atoms with Gasteiger partial charge in [0.05, 0.1) is 0 Å². The summed E-state index contributed by atoms with van der Waals surface area (Å²) in [5.74, 6) is 0.642. The Morgan fingerprint density at radius 3 is 2.38 bits per heavy atom. The highest BCUT2D eigenvalue weighted by Gasteiger charge is 2.10. The highest BCUT2D eigenvalue weighted by molar-refractivity contribution is 6.32. The molecule has 0 radical (unpaired) electrons. The van der Waals surface area contributed by atoms with Crippen molar-refractivity contribution in [2.24, 2.45) is 0 Å². The van der Waals surface area contributed by atoms with E-state index in [1.165, 1.54) is 0 Å². The van der Waals surface area contributed by atoms with Gasteiger partial charge in [-0.05, 0) is 57.9 Å². The second-order valence-electron chi connectivity index (χ2n) is 5.86. The maximum absolute atomic E-state index is 6.19. The fourth-order valence-corrected chi connectivity index (χ4v) is 3.32. The van der Waals surface area contributed by atoms with E-state index in [4.69, 9.17) is 16.0 Å². The molecule has 24 heavy (non-hydrogen) atoms. The predicted molar refractivity (Wildman–Crippen MR) is 99.5 cm³/mol. The van der Waals surface area contributed by atoms with Crippen molar-refractivity contribution in [1.29, 1.82) is 0 Å². The van der Waals surface area contributed by atoms with Gasteiger partial charge in [-0.1, -0.05) is 48.0 Å². The van der Waals surface area contributed by atoms with Crippen LogP contribution in [0.3, 0.4) is 0 Å². The Morgan fingerprint density at radius 2 is 1.50 bits per heavy atom. The molecule has 0 aliphatic rings. The first-order valence-electron chi connectivity index (χ1n) is 7.76. The lowest BCUT2D eigenvalue weighted by Gasteiger charge is -2.04. The predicted octanol–water partition coefficient (Wildman–Crippen LogP) is 6.45. The Labute approximate surface area is 143 Å². The minimum Gasteiger partial charge on any atom is -0.436 e. The maximum Gasteiger partial charge on any atom is 0.227 e. The maximum atomic E-state index is 6.19. The van der Waals surface area contributed by atoms with Crippen LogP contribution in [0.2, 0.25) is 5.02 Å². The van der Waals surface area contributed by atoms with E-state index in [0.717, 1.165) is 43.2 Å². The first-order chi connectivity index (χ1) is 11.8. The molecular formula is C21H12ClNO. The van der Waals surface area contributed by atoms with Crippen LogP contribution in [-0.4, -0.2) is 4.98 Å². The van der Waals surface area contributed by atoms with Crippen molar-refractivity contribution in [3.05, 3.63) is 77.8 Å². The van der Waals surface area contributed by atoms with E-state index in [9.17, 15) is 0 Å². The van der Waals surface area contributed by atoms with Crippen molar-refractivity contribution in [2.45, 2.75) is 0 Å². The fourth-order valence-electron chi connectivity index (χ4n) is 3.15. The largest absolute Gasteiger partial charge is 0.436 e. The number of hydrogen-bond acceptors (Lipinski definition) is 2. The highest BCUT2D eigenvalue weighted by Crippen LogP contribution is 2.32. The van der Waals surface area contributed by atoms with Gasteiger partial charge in [-0.2, -0.15) is 0 Å². The zero-order chi connectivity index (χ0) is 16.1. The monoisotopic (exact) mass is 329 g/mol. The average Bonchev–Trinajstić information content (AvgIpc) is 3.03. The topological polar surface area (TPSA) is 26.0 Å². The summed E-state index contributed by atoms with van der Waals surface area (Å²) in [6.07, 6.45) is 0. The van der Waals surface area contributed by atoms with Gasteiger partial charge in [0.2, 0.25) is 5.89 Å². The van der Waals surface area contributed by atoms with E-state index in [0.29, 0.717) is 5.89 Å². The lowest BCUT2D eigenvalue weighted by molar-refractivity contribution is 0.620. The Hall–Kier alpha value is -2.84. The fraction of sp³-hybridized carbons (Fsp3) is 0. The molecule has 0 unspecified atom stereocenters. The minimum absolute atomic E-state index is 0.642. The third kappa shape index (κ3) is 2.08. The molecule has 0 bridgehead atoms. The normalized spacial score (nSPS) is 11.5. The van der Waals surface area contributed by atoms with Crippen molar-refractivity contribution >= 4 is 44.2 Å². The van der Waals surface area contributed by atoms with Gasteiger partial charge in [0.1, 0.15) is 5.52 Å². The highest BCUT2D eigenvalue weighted by atomic mass is 35.5. The Kier molecular flexibility index (Phi) is 2.88. The molecule has 0 spiro atoms. The molecule has 0 aliphatic heterocycles. The molecule has 1 aromatic heterocycles. The average molecular weight is 330 g/mol. The van der Waals surface area contributed by atoms with E-state index in [-0.39, 0.29) is 0 Å². The van der Waals surface area contributed by atoms with Crippen LogP contribution in [0.1, 0.15) is 0 Å². The van der Waals surface area contributed by atoms with Gasteiger partial charge in [-0.25, -0.2) is 4.98 Å². The van der Waals surface area contributed by atoms with Gasteiger partial charge in [0, 0.05) is 10.6 Å². The number of nitrogens with zero attached hydrogens (tertiary/aromatic N) is 1. The molecule has 0 N–H and O–H groups in total. The van der Waals surface area contributed by atoms with Gasteiger partial charge in [0.25, 0.3) is 0 Å².